The van der Waals surface area contributed by atoms with Gasteiger partial charge in [-0.3, -0.25) is 0 Å². The molecule has 2 heterocycles. The smallest absolute Gasteiger partial charge is 0.416 e. The Labute approximate surface area is 216 Å². The van der Waals surface area contributed by atoms with Crippen molar-refractivity contribution in [2.75, 3.05) is 17.3 Å². The van der Waals surface area contributed by atoms with E-state index in [1.807, 2.05) is 45.0 Å². The van der Waals surface area contributed by atoms with E-state index in [0.717, 1.165) is 28.1 Å². The first-order valence-corrected chi connectivity index (χ1v) is 13.3. The van der Waals surface area contributed by atoms with Crippen LogP contribution in [0, 0.1) is 17.8 Å². The fourth-order valence-electron chi connectivity index (χ4n) is 4.71. The number of carbonyl (C=O) groups excluding carboxylic acids is 1. The fraction of sp³-hybridized carbons (Fsp3) is 0.538. The van der Waals surface area contributed by atoms with Crippen molar-refractivity contribution in [2.45, 2.75) is 66.0 Å². The maximum absolute atomic E-state index is 12.7. The third-order valence-electron chi connectivity index (χ3n) is 6.94. The summed E-state index contributed by atoms with van der Waals surface area (Å²) in [6.45, 7) is 12.3. The van der Waals surface area contributed by atoms with Crippen LogP contribution in [0.4, 0.5) is 16.6 Å². The van der Waals surface area contributed by atoms with Gasteiger partial charge in [0, 0.05) is 13.1 Å². The van der Waals surface area contributed by atoms with E-state index in [4.69, 9.17) is 26.3 Å². The van der Waals surface area contributed by atoms with Crippen LogP contribution in [0.25, 0.3) is 20.8 Å². The molecule has 1 aromatic carbocycles. The van der Waals surface area contributed by atoms with Crippen LogP contribution in [-0.2, 0) is 4.74 Å². The summed E-state index contributed by atoms with van der Waals surface area (Å²) in [5.74, 6) is 2.49. The summed E-state index contributed by atoms with van der Waals surface area (Å²) in [7, 11) is 1.59. The summed E-state index contributed by atoms with van der Waals surface area (Å²) < 4.78 is 6.58. The Morgan fingerprint density at radius 2 is 1.91 bits per heavy atom. The van der Waals surface area contributed by atoms with Gasteiger partial charge in [-0.05, 0) is 57.1 Å². The summed E-state index contributed by atoms with van der Waals surface area (Å²) in [4.78, 5) is 28.1. The lowest BCUT2D eigenvalue weighted by atomic mass is 9.90. The molecule has 0 saturated heterocycles. The highest BCUT2D eigenvalue weighted by atomic mass is 35.5. The number of ether oxygens (including phenoxy) is 1. The van der Waals surface area contributed by atoms with E-state index in [2.05, 4.69) is 31.1 Å². The third kappa shape index (κ3) is 5.38. The summed E-state index contributed by atoms with van der Waals surface area (Å²) >= 11 is 8.33. The molecule has 3 aromatic rings. The van der Waals surface area contributed by atoms with E-state index < -0.39 is 11.7 Å². The first kappa shape index (κ1) is 25.6. The highest BCUT2D eigenvalue weighted by Gasteiger charge is 2.38. The number of amides is 1. The SMILES string of the molecule is CCC1CC(Nc2nc(N(C)C(=O)OC(C)(C)C)nc(Cl)c2-c2nc3ccccc3s2)C(C)C1C. The second kappa shape index (κ2) is 9.90. The summed E-state index contributed by atoms with van der Waals surface area (Å²) in [6.07, 6.45) is 1.66. The van der Waals surface area contributed by atoms with Crippen LogP contribution in [0.3, 0.4) is 0 Å². The Hall–Kier alpha value is -2.45. The first-order valence-electron chi connectivity index (χ1n) is 12.1. The lowest BCUT2D eigenvalue weighted by Gasteiger charge is -2.25. The molecule has 188 valence electrons. The minimum atomic E-state index is -0.637. The van der Waals surface area contributed by atoms with Gasteiger partial charge in [0.2, 0.25) is 5.95 Å². The quantitative estimate of drug-likeness (QED) is 0.360. The number of hydrogen-bond acceptors (Lipinski definition) is 7. The van der Waals surface area contributed by atoms with Crippen LogP contribution in [0.2, 0.25) is 5.15 Å². The molecule has 35 heavy (non-hydrogen) atoms. The molecule has 4 unspecified atom stereocenters. The Morgan fingerprint density at radius 3 is 2.54 bits per heavy atom. The maximum atomic E-state index is 12.7. The van der Waals surface area contributed by atoms with Crippen molar-refractivity contribution in [2.24, 2.45) is 17.8 Å². The van der Waals surface area contributed by atoms with E-state index in [0.29, 0.717) is 29.1 Å². The number of rotatable bonds is 5. The van der Waals surface area contributed by atoms with Gasteiger partial charge in [0.05, 0.1) is 15.8 Å². The molecule has 2 aromatic heterocycles. The molecule has 1 aliphatic rings. The Morgan fingerprint density at radius 1 is 1.20 bits per heavy atom. The molecule has 0 bridgehead atoms. The second-order valence-corrected chi connectivity index (χ2v) is 11.8. The van der Waals surface area contributed by atoms with Crippen molar-refractivity contribution >= 4 is 51.0 Å². The zero-order valence-corrected chi connectivity index (χ0v) is 23.0. The van der Waals surface area contributed by atoms with Gasteiger partial charge in [0.15, 0.2) is 0 Å². The predicted octanol–water partition coefficient (Wildman–Crippen LogP) is 7.26. The van der Waals surface area contributed by atoms with Crippen molar-refractivity contribution in [1.82, 2.24) is 15.0 Å². The fourth-order valence-corrected chi connectivity index (χ4v) is 6.04. The molecular formula is C26H34ClN5O2S. The predicted molar refractivity (Wildman–Crippen MR) is 144 cm³/mol. The number of hydrogen-bond donors (Lipinski definition) is 1. The number of aromatic nitrogens is 3. The van der Waals surface area contributed by atoms with Crippen molar-refractivity contribution < 1.29 is 9.53 Å². The standard InChI is InChI=1S/C26H34ClN5O2S/c1-8-16-13-18(15(3)14(16)2)28-22-20(23-29-17-11-9-10-12-19(17)35-23)21(27)30-24(31-22)32(7)25(33)34-26(4,5)6/h9-12,14-16,18H,8,13H2,1-7H3,(H,28,30,31). The number of para-hydroxylation sites is 1. The van der Waals surface area contributed by atoms with E-state index in [9.17, 15) is 4.79 Å². The molecule has 0 radical (unpaired) electrons. The number of carbonyl (C=O) groups is 1. The van der Waals surface area contributed by atoms with Crippen molar-refractivity contribution in [3.05, 3.63) is 29.4 Å². The van der Waals surface area contributed by atoms with Crippen LogP contribution >= 0.6 is 22.9 Å². The second-order valence-electron chi connectivity index (χ2n) is 10.4. The number of nitrogens with zero attached hydrogens (tertiary/aromatic N) is 4. The molecule has 7 nitrogen and oxygen atoms in total. The van der Waals surface area contributed by atoms with Gasteiger partial charge in [0.25, 0.3) is 0 Å². The lowest BCUT2D eigenvalue weighted by Crippen LogP contribution is -2.35. The van der Waals surface area contributed by atoms with Crippen LogP contribution < -0.4 is 10.2 Å². The maximum Gasteiger partial charge on any atom is 0.416 e. The van der Waals surface area contributed by atoms with Crippen LogP contribution in [0.1, 0.15) is 54.4 Å². The van der Waals surface area contributed by atoms with Crippen molar-refractivity contribution in [1.29, 1.82) is 0 Å². The van der Waals surface area contributed by atoms with Crippen LogP contribution in [-0.4, -0.2) is 39.7 Å². The minimum absolute atomic E-state index is 0.183. The zero-order valence-electron chi connectivity index (χ0n) is 21.4. The largest absolute Gasteiger partial charge is 0.443 e. The number of benzene rings is 1. The number of nitrogens with one attached hydrogen (secondary N) is 1. The number of halogens is 1. The zero-order chi connectivity index (χ0) is 25.5. The van der Waals surface area contributed by atoms with Gasteiger partial charge in [-0.25, -0.2) is 14.7 Å². The first-order chi connectivity index (χ1) is 16.5. The Balaban J connectivity index is 1.77. The van der Waals surface area contributed by atoms with Gasteiger partial charge in [0.1, 0.15) is 21.6 Å². The molecule has 4 atom stereocenters. The Kier molecular flexibility index (Phi) is 7.25. The van der Waals surface area contributed by atoms with E-state index >= 15 is 0 Å². The number of thiazole rings is 1. The minimum Gasteiger partial charge on any atom is -0.443 e. The van der Waals surface area contributed by atoms with E-state index in [1.165, 1.54) is 4.90 Å². The van der Waals surface area contributed by atoms with Gasteiger partial charge in [-0.15, -0.1) is 11.3 Å². The van der Waals surface area contributed by atoms with E-state index in [-0.39, 0.29) is 17.1 Å². The number of fused-ring (bicyclic) bond motifs is 1. The lowest BCUT2D eigenvalue weighted by molar-refractivity contribution is 0.0587. The van der Waals surface area contributed by atoms with Gasteiger partial charge in [-0.2, -0.15) is 9.97 Å². The molecule has 4 rings (SSSR count). The molecule has 0 spiro atoms. The van der Waals surface area contributed by atoms with Crippen molar-refractivity contribution in [3.63, 3.8) is 0 Å². The Bertz CT molecular complexity index is 1190. The molecular weight excluding hydrogens is 482 g/mol. The summed E-state index contributed by atoms with van der Waals surface area (Å²) in [6, 6.07) is 8.21. The van der Waals surface area contributed by atoms with Gasteiger partial charge < -0.3 is 10.1 Å². The number of anilines is 2. The molecule has 1 aliphatic carbocycles. The molecule has 0 aliphatic heterocycles. The summed E-state index contributed by atoms with van der Waals surface area (Å²) in [5, 5.41) is 4.67. The molecule has 1 amide bonds. The average molecular weight is 516 g/mol. The normalized spacial score (nSPS) is 22.4. The molecule has 1 fully saturated rings. The summed E-state index contributed by atoms with van der Waals surface area (Å²) in [5.41, 5.74) is 0.925. The average Bonchev–Trinajstić information content (AvgIpc) is 3.33. The van der Waals surface area contributed by atoms with Crippen LogP contribution in [0.15, 0.2) is 24.3 Å². The third-order valence-corrected chi connectivity index (χ3v) is 8.27. The highest BCUT2D eigenvalue weighted by Crippen LogP contribution is 2.43. The molecule has 9 heteroatoms. The van der Waals surface area contributed by atoms with Gasteiger partial charge in [-0.1, -0.05) is 50.9 Å². The van der Waals surface area contributed by atoms with Crippen molar-refractivity contribution in [3.8, 4) is 10.6 Å². The van der Waals surface area contributed by atoms with E-state index in [1.54, 1.807) is 18.4 Å². The van der Waals surface area contributed by atoms with Crippen LogP contribution in [0.5, 0.6) is 0 Å². The monoisotopic (exact) mass is 515 g/mol. The highest BCUT2D eigenvalue weighted by molar-refractivity contribution is 7.21. The molecule has 1 saturated carbocycles. The van der Waals surface area contributed by atoms with Gasteiger partial charge >= 0.3 is 6.09 Å². The topological polar surface area (TPSA) is 80.2 Å². The molecule has 1 N–H and O–H groups in total.